The Balaban J connectivity index is 1.71. The van der Waals surface area contributed by atoms with Gasteiger partial charge in [-0.25, -0.2) is 9.07 Å². The molecule has 2 atom stereocenters. The topological polar surface area (TPSA) is 38.1 Å². The highest BCUT2D eigenvalue weighted by Crippen LogP contribution is 2.55. The summed E-state index contributed by atoms with van der Waals surface area (Å²) in [6.45, 7) is 8.96. The zero-order chi connectivity index (χ0) is 20.2. The van der Waals surface area contributed by atoms with E-state index in [1.165, 1.54) is 17.7 Å². The molecule has 4 heteroatoms. The third kappa shape index (κ3) is 3.22. The first-order valence-corrected chi connectivity index (χ1v) is 10.4. The van der Waals surface area contributed by atoms with Crippen LogP contribution in [0.25, 0.3) is 11.8 Å². The molecular weight excluding hydrogens is 351 g/mol. The number of rotatable bonds is 3. The standard InChI is InChI=1S/C24H31FN2O/c1-22(2,3)12-13-24(28)11-5-6-18-14-21-17(15-23(18,24)4)16-26-27(21)20-9-7-19(25)8-10-20/h7-10,14,16,28H,5-6,11-13,15H2,1-4H3/t23-,24+/m0/s1. The van der Waals surface area contributed by atoms with Crippen LogP contribution in [-0.2, 0) is 6.42 Å². The smallest absolute Gasteiger partial charge is 0.123 e. The molecule has 0 bridgehead atoms. The van der Waals surface area contributed by atoms with Gasteiger partial charge in [0.2, 0.25) is 0 Å². The Kier molecular flexibility index (Phi) is 4.53. The normalized spacial score (nSPS) is 27.1. The molecule has 0 saturated heterocycles. The molecule has 0 aliphatic heterocycles. The van der Waals surface area contributed by atoms with Gasteiger partial charge in [-0.1, -0.05) is 33.3 Å². The van der Waals surface area contributed by atoms with Crippen molar-refractivity contribution in [3.63, 3.8) is 0 Å². The summed E-state index contributed by atoms with van der Waals surface area (Å²) in [5.41, 5.74) is 3.69. The zero-order valence-electron chi connectivity index (χ0n) is 17.4. The Morgan fingerprint density at radius 2 is 1.93 bits per heavy atom. The molecule has 0 amide bonds. The Labute approximate surface area is 167 Å². The second kappa shape index (κ2) is 6.55. The summed E-state index contributed by atoms with van der Waals surface area (Å²) in [5, 5.41) is 16.3. The highest BCUT2D eigenvalue weighted by atomic mass is 19.1. The summed E-state index contributed by atoms with van der Waals surface area (Å²) < 4.78 is 15.2. The average molecular weight is 383 g/mol. The second-order valence-corrected chi connectivity index (χ2v) is 10.1. The van der Waals surface area contributed by atoms with Gasteiger partial charge in [-0.05, 0) is 79.8 Å². The Hall–Kier alpha value is -1.94. The van der Waals surface area contributed by atoms with Crippen LogP contribution in [0.2, 0.25) is 0 Å². The molecule has 1 fully saturated rings. The number of halogens is 1. The fraction of sp³-hybridized carbons (Fsp3) is 0.542. The number of hydrogen-bond donors (Lipinski definition) is 1. The number of nitrogens with zero attached hydrogens (tertiary/aromatic N) is 2. The molecule has 4 rings (SSSR count). The molecule has 1 N–H and O–H groups in total. The van der Waals surface area contributed by atoms with Crippen molar-refractivity contribution in [1.29, 1.82) is 0 Å². The van der Waals surface area contributed by atoms with E-state index in [0.29, 0.717) is 0 Å². The third-order valence-corrected chi connectivity index (χ3v) is 6.87. The van der Waals surface area contributed by atoms with Crippen LogP contribution in [0.1, 0.15) is 71.1 Å². The van der Waals surface area contributed by atoms with Crippen molar-refractivity contribution >= 4 is 6.08 Å². The van der Waals surface area contributed by atoms with Gasteiger partial charge in [0.25, 0.3) is 0 Å². The quantitative estimate of drug-likeness (QED) is 0.739. The first-order valence-electron chi connectivity index (χ1n) is 10.4. The summed E-state index contributed by atoms with van der Waals surface area (Å²) in [7, 11) is 0. The van der Waals surface area contributed by atoms with Gasteiger partial charge in [0.05, 0.1) is 23.2 Å². The molecule has 0 unspecified atom stereocenters. The minimum atomic E-state index is -0.681. The minimum absolute atomic E-state index is 0.209. The Morgan fingerprint density at radius 3 is 2.61 bits per heavy atom. The lowest BCUT2D eigenvalue weighted by Gasteiger charge is -2.52. The van der Waals surface area contributed by atoms with Crippen molar-refractivity contribution in [2.75, 3.05) is 0 Å². The number of fused-ring (bicyclic) bond motifs is 2. The fourth-order valence-electron chi connectivity index (χ4n) is 4.93. The summed E-state index contributed by atoms with van der Waals surface area (Å²) in [6.07, 6.45) is 9.67. The number of aliphatic hydroxyl groups is 1. The fourth-order valence-corrected chi connectivity index (χ4v) is 4.93. The monoisotopic (exact) mass is 382 g/mol. The maximum Gasteiger partial charge on any atom is 0.123 e. The lowest BCUT2D eigenvalue weighted by atomic mass is 9.55. The molecule has 2 aliphatic rings. The van der Waals surface area contributed by atoms with Crippen molar-refractivity contribution in [3.8, 4) is 5.69 Å². The van der Waals surface area contributed by atoms with E-state index in [2.05, 4.69) is 38.9 Å². The summed E-state index contributed by atoms with van der Waals surface area (Å²) in [6, 6.07) is 6.45. The van der Waals surface area contributed by atoms with Crippen molar-refractivity contribution < 1.29 is 9.50 Å². The molecule has 2 aliphatic carbocycles. The maximum absolute atomic E-state index is 13.3. The summed E-state index contributed by atoms with van der Waals surface area (Å²) in [5.74, 6) is -0.244. The van der Waals surface area contributed by atoms with Crippen LogP contribution in [0.15, 0.2) is 36.0 Å². The lowest BCUT2D eigenvalue weighted by molar-refractivity contribution is -0.0902. The van der Waals surface area contributed by atoms with Crippen LogP contribution in [0.3, 0.4) is 0 Å². The lowest BCUT2D eigenvalue weighted by Crippen LogP contribution is -2.52. The molecule has 3 nitrogen and oxygen atoms in total. The molecule has 1 aromatic carbocycles. The van der Waals surface area contributed by atoms with E-state index >= 15 is 0 Å². The van der Waals surface area contributed by atoms with E-state index in [1.54, 1.807) is 12.1 Å². The maximum atomic E-state index is 13.3. The van der Waals surface area contributed by atoms with Crippen molar-refractivity contribution in [1.82, 2.24) is 9.78 Å². The van der Waals surface area contributed by atoms with Crippen LogP contribution in [-0.4, -0.2) is 20.5 Å². The van der Waals surface area contributed by atoms with E-state index in [0.717, 1.165) is 55.5 Å². The van der Waals surface area contributed by atoms with Crippen LogP contribution < -0.4 is 0 Å². The minimum Gasteiger partial charge on any atom is -0.389 e. The van der Waals surface area contributed by atoms with Crippen molar-refractivity contribution in [3.05, 3.63) is 53.1 Å². The molecule has 0 spiro atoms. The van der Waals surface area contributed by atoms with Crippen LogP contribution in [0, 0.1) is 16.6 Å². The van der Waals surface area contributed by atoms with Crippen LogP contribution in [0.5, 0.6) is 0 Å². The first kappa shape index (κ1) is 19.4. The highest BCUT2D eigenvalue weighted by molar-refractivity contribution is 5.62. The van der Waals surface area contributed by atoms with Gasteiger partial charge >= 0.3 is 0 Å². The molecule has 0 radical (unpaired) electrons. The first-order chi connectivity index (χ1) is 13.1. The second-order valence-electron chi connectivity index (χ2n) is 10.1. The molecule has 28 heavy (non-hydrogen) atoms. The highest BCUT2D eigenvalue weighted by Gasteiger charge is 2.52. The predicted molar refractivity (Wildman–Crippen MR) is 111 cm³/mol. The molecule has 1 saturated carbocycles. The average Bonchev–Trinajstić information content (AvgIpc) is 3.02. The van der Waals surface area contributed by atoms with Crippen LogP contribution in [0.4, 0.5) is 4.39 Å². The molecule has 1 heterocycles. The van der Waals surface area contributed by atoms with E-state index < -0.39 is 5.60 Å². The van der Waals surface area contributed by atoms with Gasteiger partial charge in [0, 0.05) is 5.41 Å². The van der Waals surface area contributed by atoms with Gasteiger partial charge in [-0.15, -0.1) is 0 Å². The Bertz CT molecular complexity index is 906. The van der Waals surface area contributed by atoms with E-state index in [1.807, 2.05) is 10.9 Å². The van der Waals surface area contributed by atoms with E-state index in [9.17, 15) is 9.50 Å². The van der Waals surface area contributed by atoms with Gasteiger partial charge in [0.15, 0.2) is 0 Å². The van der Waals surface area contributed by atoms with E-state index in [4.69, 9.17) is 0 Å². The van der Waals surface area contributed by atoms with Gasteiger partial charge in [0.1, 0.15) is 5.82 Å². The largest absolute Gasteiger partial charge is 0.389 e. The number of benzene rings is 1. The third-order valence-electron chi connectivity index (χ3n) is 6.87. The SMILES string of the molecule is CC(C)(C)CC[C@]1(O)CCCC2=Cc3c(cnn3-c3ccc(F)cc3)C[C@@]21C. The van der Waals surface area contributed by atoms with Gasteiger partial charge < -0.3 is 5.11 Å². The van der Waals surface area contributed by atoms with Gasteiger partial charge in [-0.2, -0.15) is 5.10 Å². The van der Waals surface area contributed by atoms with Crippen molar-refractivity contribution in [2.45, 2.75) is 71.8 Å². The molecule has 150 valence electrons. The summed E-state index contributed by atoms with van der Waals surface area (Å²) >= 11 is 0. The molecular formula is C24H31FN2O. The van der Waals surface area contributed by atoms with E-state index in [-0.39, 0.29) is 16.6 Å². The number of hydrogen-bond acceptors (Lipinski definition) is 2. The molecule has 2 aromatic rings. The number of aromatic nitrogens is 2. The molecule has 1 aromatic heterocycles. The summed E-state index contributed by atoms with van der Waals surface area (Å²) in [4.78, 5) is 0. The van der Waals surface area contributed by atoms with Gasteiger partial charge in [-0.3, -0.25) is 0 Å². The van der Waals surface area contributed by atoms with Crippen LogP contribution >= 0.6 is 0 Å². The Morgan fingerprint density at radius 1 is 1.21 bits per heavy atom. The zero-order valence-corrected chi connectivity index (χ0v) is 17.4. The predicted octanol–water partition coefficient (Wildman–Crippen LogP) is 5.70. The van der Waals surface area contributed by atoms with Crippen molar-refractivity contribution in [2.24, 2.45) is 10.8 Å².